The third-order valence-corrected chi connectivity index (χ3v) is 4.27. The maximum atomic E-state index is 12.9. The fraction of sp³-hybridized carbons (Fsp3) is 0.438. The second-order valence-electron chi connectivity index (χ2n) is 5.63. The molecule has 2 unspecified atom stereocenters. The molecule has 0 saturated carbocycles. The Balaban J connectivity index is 1.63. The van der Waals surface area contributed by atoms with Crippen LogP contribution in [0.25, 0.3) is 0 Å². The van der Waals surface area contributed by atoms with Crippen LogP contribution in [0.1, 0.15) is 18.4 Å². The van der Waals surface area contributed by atoms with Crippen LogP contribution in [0.3, 0.4) is 0 Å². The molecule has 2 bridgehead atoms. The molecule has 1 aromatic carbocycles. The summed E-state index contributed by atoms with van der Waals surface area (Å²) in [5, 5.41) is 0. The van der Waals surface area contributed by atoms with Crippen LogP contribution >= 0.6 is 0 Å². The van der Waals surface area contributed by atoms with Gasteiger partial charge in [-0.3, -0.25) is 9.69 Å². The lowest BCUT2D eigenvalue weighted by Crippen LogP contribution is -2.50. The highest BCUT2D eigenvalue weighted by Crippen LogP contribution is 2.30. The van der Waals surface area contributed by atoms with Crippen molar-refractivity contribution in [1.29, 1.82) is 0 Å². The zero-order chi connectivity index (χ0) is 13.9. The Labute approximate surface area is 118 Å². The van der Waals surface area contributed by atoms with Gasteiger partial charge in [0.2, 0.25) is 0 Å². The first-order valence-corrected chi connectivity index (χ1v) is 7.12. The van der Waals surface area contributed by atoms with Crippen LogP contribution in [0.15, 0.2) is 36.5 Å². The van der Waals surface area contributed by atoms with Crippen molar-refractivity contribution < 1.29 is 9.18 Å². The summed E-state index contributed by atoms with van der Waals surface area (Å²) in [5.41, 5.74) is 1.16. The maximum absolute atomic E-state index is 12.9. The molecular formula is C16H19FN2O. The van der Waals surface area contributed by atoms with Crippen LogP contribution in [-0.4, -0.2) is 41.3 Å². The summed E-state index contributed by atoms with van der Waals surface area (Å²) < 4.78 is 12.9. The number of carbonyl (C=O) groups is 1. The molecule has 0 N–H and O–H groups in total. The molecular weight excluding hydrogens is 255 g/mol. The lowest BCUT2D eigenvalue weighted by Gasteiger charge is -2.40. The number of hydrogen-bond acceptors (Lipinski definition) is 3. The highest BCUT2D eigenvalue weighted by molar-refractivity contribution is 5.64. The number of piperazine rings is 1. The van der Waals surface area contributed by atoms with E-state index in [0.29, 0.717) is 12.1 Å². The number of allylic oxidation sites excluding steroid dienone is 1. The summed E-state index contributed by atoms with van der Waals surface area (Å²) in [4.78, 5) is 15.2. The van der Waals surface area contributed by atoms with Crippen molar-refractivity contribution in [1.82, 2.24) is 9.80 Å². The summed E-state index contributed by atoms with van der Waals surface area (Å²) in [5.74, 6) is -0.183. The van der Waals surface area contributed by atoms with Gasteiger partial charge in [0.15, 0.2) is 0 Å². The average molecular weight is 274 g/mol. The van der Waals surface area contributed by atoms with E-state index in [9.17, 15) is 9.18 Å². The van der Waals surface area contributed by atoms with Gasteiger partial charge >= 0.3 is 0 Å². The summed E-state index contributed by atoms with van der Waals surface area (Å²) >= 11 is 0. The molecule has 2 saturated heterocycles. The van der Waals surface area contributed by atoms with Crippen LogP contribution in [0, 0.1) is 5.82 Å². The Morgan fingerprint density at radius 1 is 1.15 bits per heavy atom. The zero-order valence-corrected chi connectivity index (χ0v) is 11.4. The summed E-state index contributed by atoms with van der Waals surface area (Å²) in [6, 6.07) is 7.77. The molecule has 2 fully saturated rings. The third kappa shape index (κ3) is 2.75. The fourth-order valence-electron chi connectivity index (χ4n) is 3.38. The molecule has 2 heterocycles. The molecule has 4 heteroatoms. The molecule has 1 aromatic rings. The quantitative estimate of drug-likeness (QED) is 0.621. The lowest BCUT2D eigenvalue weighted by atomic mass is 10.1. The Kier molecular flexibility index (Phi) is 3.83. The monoisotopic (exact) mass is 274 g/mol. The second-order valence-corrected chi connectivity index (χ2v) is 5.63. The van der Waals surface area contributed by atoms with E-state index in [2.05, 4.69) is 9.80 Å². The fourth-order valence-corrected chi connectivity index (χ4v) is 3.38. The minimum atomic E-state index is -0.183. The van der Waals surface area contributed by atoms with Crippen LogP contribution in [0.2, 0.25) is 0 Å². The summed E-state index contributed by atoms with van der Waals surface area (Å²) in [6.07, 6.45) is 6.73. The topological polar surface area (TPSA) is 23.6 Å². The van der Waals surface area contributed by atoms with Crippen molar-refractivity contribution >= 4 is 6.29 Å². The first-order valence-electron chi connectivity index (χ1n) is 7.12. The van der Waals surface area contributed by atoms with Gasteiger partial charge in [-0.2, -0.15) is 0 Å². The van der Waals surface area contributed by atoms with Gasteiger partial charge in [0.25, 0.3) is 0 Å². The molecule has 2 aliphatic rings. The minimum absolute atomic E-state index is 0.183. The third-order valence-electron chi connectivity index (χ3n) is 4.27. The Morgan fingerprint density at radius 2 is 1.80 bits per heavy atom. The normalized spacial score (nSPS) is 26.4. The van der Waals surface area contributed by atoms with Gasteiger partial charge in [0.05, 0.1) is 0 Å². The number of hydrogen-bond donors (Lipinski definition) is 0. The van der Waals surface area contributed by atoms with Crippen molar-refractivity contribution in [2.75, 3.05) is 13.1 Å². The van der Waals surface area contributed by atoms with E-state index in [4.69, 9.17) is 0 Å². The minimum Gasteiger partial charge on any atom is -0.369 e. The molecule has 3 nitrogen and oxygen atoms in total. The standard InChI is InChI=1S/C16H19FN2O/c17-14-4-2-13(3-5-14)10-18-11-15-6-7-16(12-18)19(15)8-1-9-20/h1-5,8-9,15-16H,6-7,10-12H2. The molecule has 20 heavy (non-hydrogen) atoms. The number of benzene rings is 1. The summed E-state index contributed by atoms with van der Waals surface area (Å²) in [7, 11) is 0. The predicted molar refractivity (Wildman–Crippen MR) is 75.5 cm³/mol. The largest absolute Gasteiger partial charge is 0.369 e. The van der Waals surface area contributed by atoms with Gasteiger partial charge < -0.3 is 4.90 Å². The number of rotatable bonds is 4. The lowest BCUT2D eigenvalue weighted by molar-refractivity contribution is -0.104. The number of carbonyl (C=O) groups excluding carboxylic acids is 1. The number of halogens is 1. The van der Waals surface area contributed by atoms with E-state index in [1.54, 1.807) is 6.08 Å². The van der Waals surface area contributed by atoms with Crippen LogP contribution in [0.5, 0.6) is 0 Å². The van der Waals surface area contributed by atoms with Gasteiger partial charge in [-0.25, -0.2) is 4.39 Å². The molecule has 0 amide bonds. The van der Waals surface area contributed by atoms with E-state index in [0.717, 1.165) is 31.5 Å². The predicted octanol–water partition coefficient (Wildman–Crippen LogP) is 2.19. The zero-order valence-electron chi connectivity index (χ0n) is 11.4. The van der Waals surface area contributed by atoms with E-state index in [1.165, 1.54) is 25.0 Å². The molecule has 0 radical (unpaired) electrons. The van der Waals surface area contributed by atoms with Gasteiger partial charge in [-0.05, 0) is 36.6 Å². The van der Waals surface area contributed by atoms with Crippen LogP contribution in [0.4, 0.5) is 4.39 Å². The van der Waals surface area contributed by atoms with Crippen molar-refractivity contribution in [2.24, 2.45) is 0 Å². The van der Waals surface area contributed by atoms with E-state index in [1.807, 2.05) is 18.3 Å². The molecule has 0 spiro atoms. The first kappa shape index (κ1) is 13.3. The Morgan fingerprint density at radius 3 is 2.40 bits per heavy atom. The van der Waals surface area contributed by atoms with Crippen molar-refractivity contribution in [2.45, 2.75) is 31.5 Å². The molecule has 0 aromatic heterocycles. The van der Waals surface area contributed by atoms with Crippen molar-refractivity contribution in [3.05, 3.63) is 47.9 Å². The Bertz CT molecular complexity index is 486. The Hall–Kier alpha value is -1.68. The SMILES string of the molecule is O=CC=CN1C2CCC1CN(Cc1ccc(F)cc1)C2. The molecule has 106 valence electrons. The highest BCUT2D eigenvalue weighted by atomic mass is 19.1. The van der Waals surface area contributed by atoms with E-state index in [-0.39, 0.29) is 5.82 Å². The maximum Gasteiger partial charge on any atom is 0.144 e. The summed E-state index contributed by atoms with van der Waals surface area (Å²) in [6.45, 7) is 2.90. The number of aldehydes is 1. The van der Waals surface area contributed by atoms with E-state index < -0.39 is 0 Å². The van der Waals surface area contributed by atoms with E-state index >= 15 is 0 Å². The smallest absolute Gasteiger partial charge is 0.144 e. The van der Waals surface area contributed by atoms with Crippen molar-refractivity contribution in [3.8, 4) is 0 Å². The van der Waals surface area contributed by atoms with Gasteiger partial charge in [-0.1, -0.05) is 12.1 Å². The molecule has 2 atom stereocenters. The van der Waals surface area contributed by atoms with Gasteiger partial charge in [-0.15, -0.1) is 0 Å². The van der Waals surface area contributed by atoms with Gasteiger partial charge in [0, 0.05) is 37.9 Å². The van der Waals surface area contributed by atoms with Crippen LogP contribution < -0.4 is 0 Å². The van der Waals surface area contributed by atoms with Gasteiger partial charge in [0.1, 0.15) is 12.1 Å². The van der Waals surface area contributed by atoms with Crippen molar-refractivity contribution in [3.63, 3.8) is 0 Å². The number of nitrogens with zero attached hydrogens (tertiary/aromatic N) is 2. The number of fused-ring (bicyclic) bond motifs is 2. The first-order chi connectivity index (χ1) is 9.76. The average Bonchev–Trinajstić information content (AvgIpc) is 2.69. The molecule has 3 rings (SSSR count). The highest BCUT2D eigenvalue weighted by Gasteiger charge is 2.37. The van der Waals surface area contributed by atoms with Crippen LogP contribution in [-0.2, 0) is 11.3 Å². The second kappa shape index (κ2) is 5.75. The number of likely N-dealkylation sites (tertiary alicyclic amines) is 1. The molecule has 0 aliphatic carbocycles. The molecule has 2 aliphatic heterocycles.